The van der Waals surface area contributed by atoms with Gasteiger partial charge in [0.1, 0.15) is 123 Å². The number of allylic oxidation sites excluding steroid dienone is 1. The van der Waals surface area contributed by atoms with E-state index in [2.05, 4.69) is 95.4 Å². The van der Waals surface area contributed by atoms with Crippen LogP contribution < -0.4 is 47.2 Å². The minimum Gasteiger partial charge on any atom is -0.457 e. The van der Waals surface area contributed by atoms with Crippen molar-refractivity contribution in [3.05, 3.63) is 269 Å². The van der Waals surface area contributed by atoms with Crippen LogP contribution in [0.1, 0.15) is 124 Å². The summed E-state index contributed by atoms with van der Waals surface area (Å²) in [5, 5.41) is 42.2. The molecule has 40 nitrogen and oxygen atoms in total. The van der Waals surface area contributed by atoms with E-state index in [1.165, 1.54) is 44.2 Å². The number of benzene rings is 8. The molecule has 21 rings (SSSR count). The lowest BCUT2D eigenvalue weighted by Crippen LogP contribution is -2.44. The maximum Gasteiger partial charge on any atom is 0.410 e. The monoisotopic (exact) mass is 2070 g/mol. The SMILES string of the molecule is C1CCOC1.C=CC(=O)Cl.C=CC(=O)N1CCC[C@@H](n2nc(-c3ccc(Oc4ccccc4)cc3)c3c(N)ncnc32)C1.CC(C)(C)OC(=O)N1CCC[C@@H](n2nc(-c3ccc(Oc4ccccc4)cc3)c3c(N)ncnc32)C1.CC(C)(C)OC(=O)N1CCC[C@H](O)C1.N=NN=NCl.Nc1ncnc2c1c(-c1ccc(Oc3ccccc3)cc1)nn2[C@@H]1CCCNC1.Nc1ncnc2n[nH]c(-c3ccc(Oc4ccccc4)cc3)c12. The lowest BCUT2D eigenvalue weighted by Gasteiger charge is -2.34. The number of carbonyl (C=O) groups excluding carboxylic acids is 4. The molecule has 5 fully saturated rings. The number of halogens is 2. The number of aliphatic hydroxyl groups is 1. The number of aromatic nitrogens is 16. The Hall–Kier alpha value is -16.8. The van der Waals surface area contributed by atoms with Crippen LogP contribution in [0.2, 0.25) is 0 Å². The number of para-hydroxylation sites is 4. The van der Waals surface area contributed by atoms with Crippen molar-refractivity contribution in [1.29, 1.82) is 5.53 Å². The fraction of sp³-hybridized carbons (Fsp3) is 0.296. The van der Waals surface area contributed by atoms with E-state index in [9.17, 15) is 24.3 Å². The van der Waals surface area contributed by atoms with E-state index in [1.807, 2.05) is 274 Å². The van der Waals surface area contributed by atoms with Gasteiger partial charge in [0.05, 0.1) is 63.2 Å². The van der Waals surface area contributed by atoms with Crippen molar-refractivity contribution in [1.82, 2.24) is 99.4 Å². The first-order chi connectivity index (χ1) is 72.6. The fourth-order valence-electron chi connectivity index (χ4n) is 16.8. The molecular formula is C108H120Cl2N28O12. The summed E-state index contributed by atoms with van der Waals surface area (Å²) >= 11 is 9.25. The van der Waals surface area contributed by atoms with Crippen LogP contribution in [-0.4, -0.2) is 205 Å². The Bertz CT molecular complexity index is 7170. The standard InChI is InChI=1S/C27H30N6O3.C25H24N6O2.C22H22N6O.C17H13N5O.C10H19NO3.C4H8O.C3H3ClO.ClHN4/c1-27(2,3)36-26(34)32-15-7-8-19(16-32)33-25-22(24(28)29-17-30-25)23(31-33)18-11-13-21(14-12-18)35-20-9-5-4-6-10-20;1-2-21(32)30-14-6-7-18(15-30)31-25-22(24(26)27-16-28-25)23(29-31)17-10-12-20(13-11-17)33-19-8-4-3-5-9-19;23-21-19-20(15-8-10-18(11-9-15)29-17-6-2-1-3-7-17)27-28(22(19)26-14-25-21)16-5-4-12-24-13-16;18-16-14-15(21-22-17(14)20-10-19-16)11-6-8-13(9-7-11)23-12-4-2-1-3-5-12;1-10(2,3)14-9(13)11-6-4-5-8(12)7-11;1-2-4-5-3-1;1-2-3(4)5;1-3-5-4-2/h4-6,9-14,17,19H,7-8,15-16H2,1-3H3,(H2,28,29,30);2-5,8-13,16,18H,1,6-7,14-15H2,(H2,26,27,28);1-3,6-11,14,16,24H,4-5,12-13H2,(H2,23,25,26);1-10H,(H3,18,19,20,21,22);8,12H,4-7H2,1-3H3;1-4H2;2H,1H2;2H/t19-;18-;16-;;8-;;;/m111.0.../s1. The van der Waals surface area contributed by atoms with E-state index in [0.29, 0.717) is 102 Å². The Kier molecular flexibility index (Phi) is 38.5. The number of fused-ring (bicyclic) bond motifs is 4. The highest BCUT2D eigenvalue weighted by Gasteiger charge is 2.34. The minimum atomic E-state index is -0.548. The lowest BCUT2D eigenvalue weighted by molar-refractivity contribution is -0.127. The average molecular weight is 2070 g/mol. The van der Waals surface area contributed by atoms with Crippen LogP contribution in [0.15, 0.2) is 284 Å². The van der Waals surface area contributed by atoms with Gasteiger partial charge in [0.15, 0.2) is 22.6 Å². The van der Waals surface area contributed by atoms with E-state index in [1.54, 1.807) is 14.7 Å². The van der Waals surface area contributed by atoms with Gasteiger partial charge in [-0.1, -0.05) is 90.6 Å². The molecule has 3 amide bonds. The van der Waals surface area contributed by atoms with Gasteiger partial charge in [0, 0.05) is 81.3 Å². The van der Waals surface area contributed by atoms with Crippen LogP contribution in [0.25, 0.3) is 89.2 Å². The molecule has 5 saturated heterocycles. The number of nitrogen functional groups attached to an aromatic ring is 4. The highest BCUT2D eigenvalue weighted by Crippen LogP contribution is 2.41. The maximum absolute atomic E-state index is 12.7. The van der Waals surface area contributed by atoms with Crippen LogP contribution in [-0.2, 0) is 23.8 Å². The van der Waals surface area contributed by atoms with E-state index < -0.39 is 22.5 Å². The lowest BCUT2D eigenvalue weighted by atomic mass is 10.1. The van der Waals surface area contributed by atoms with Crippen molar-refractivity contribution in [2.24, 2.45) is 15.1 Å². The fourth-order valence-corrected chi connectivity index (χ4v) is 16.9. The smallest absolute Gasteiger partial charge is 0.410 e. The number of hydrogen-bond donors (Lipinski definition) is 8. The number of H-pyrrole nitrogens is 1. The Morgan fingerprint density at radius 3 is 1.11 bits per heavy atom. The summed E-state index contributed by atoms with van der Waals surface area (Å²) in [4.78, 5) is 85.2. The van der Waals surface area contributed by atoms with Gasteiger partial charge in [-0.05, 0) is 292 Å². The van der Waals surface area contributed by atoms with Crippen LogP contribution in [0, 0.1) is 5.53 Å². The third-order valence-electron chi connectivity index (χ3n) is 23.7. The number of ether oxygens (including phenoxy) is 7. The largest absolute Gasteiger partial charge is 0.457 e. The van der Waals surface area contributed by atoms with Gasteiger partial charge in [-0.15, -0.1) is 0 Å². The van der Waals surface area contributed by atoms with Gasteiger partial charge in [0.2, 0.25) is 11.1 Å². The topological polar surface area (TPSA) is 525 Å². The molecule has 4 atom stereocenters. The van der Waals surface area contributed by atoms with Crippen LogP contribution in [0.3, 0.4) is 0 Å². The molecule has 0 spiro atoms. The molecular weight excluding hydrogens is 1950 g/mol. The second kappa shape index (κ2) is 53.0. The number of likely N-dealkylation sites (tertiary alicyclic amines) is 3. The second-order valence-electron chi connectivity index (χ2n) is 36.9. The Morgan fingerprint density at radius 1 is 0.440 bits per heavy atom. The zero-order valence-electron chi connectivity index (χ0n) is 84.0. The molecule has 150 heavy (non-hydrogen) atoms. The van der Waals surface area contributed by atoms with Crippen molar-refractivity contribution < 1.29 is 57.4 Å². The Balaban J connectivity index is 0.000000145. The molecule has 13 heterocycles. The summed E-state index contributed by atoms with van der Waals surface area (Å²) in [6.07, 6.45) is 17.0. The molecule has 0 bridgehead atoms. The molecule has 8 aromatic heterocycles. The van der Waals surface area contributed by atoms with Crippen LogP contribution >= 0.6 is 23.4 Å². The highest BCUT2D eigenvalue weighted by molar-refractivity contribution is 6.66. The van der Waals surface area contributed by atoms with Crippen molar-refractivity contribution >= 4 is 114 Å². The van der Waals surface area contributed by atoms with Gasteiger partial charge in [0.25, 0.3) is 0 Å². The van der Waals surface area contributed by atoms with Gasteiger partial charge >= 0.3 is 12.2 Å². The van der Waals surface area contributed by atoms with Crippen molar-refractivity contribution in [3.8, 4) is 91.0 Å². The van der Waals surface area contributed by atoms with Gasteiger partial charge < -0.3 is 81.2 Å². The number of aliphatic hydroxyl groups excluding tert-OH is 1. The number of aromatic amines is 1. The number of nitrogens with two attached hydrogens (primary N) is 4. The van der Waals surface area contributed by atoms with E-state index in [-0.39, 0.29) is 36.2 Å². The number of carbonyl (C=O) groups is 4. The molecule has 778 valence electrons. The van der Waals surface area contributed by atoms with Crippen LogP contribution in [0.5, 0.6) is 46.0 Å². The Labute approximate surface area is 876 Å². The van der Waals surface area contributed by atoms with Crippen molar-refractivity contribution in [3.63, 3.8) is 0 Å². The summed E-state index contributed by atoms with van der Waals surface area (Å²) < 4.78 is 47.6. The van der Waals surface area contributed by atoms with Crippen LogP contribution in [0.4, 0.5) is 32.9 Å². The minimum absolute atomic E-state index is 0.00566. The molecule has 16 aromatic rings. The van der Waals surface area contributed by atoms with Gasteiger partial charge in [-0.25, -0.2) is 63.5 Å². The summed E-state index contributed by atoms with van der Waals surface area (Å²) in [7, 11) is 0. The molecule has 42 heteroatoms. The number of β-amino-alcohol motifs (C(OH)–C–C–N with tert-alkyl or cyclic N) is 1. The van der Waals surface area contributed by atoms with E-state index in [0.717, 1.165) is 180 Å². The third kappa shape index (κ3) is 30.2. The molecule has 0 unspecified atom stereocenters. The van der Waals surface area contributed by atoms with E-state index in [4.69, 9.17) is 88.5 Å². The summed E-state index contributed by atoms with van der Waals surface area (Å²) in [6, 6.07) is 69.8. The Morgan fingerprint density at radius 2 is 0.780 bits per heavy atom. The second-order valence-corrected chi connectivity index (χ2v) is 37.4. The number of rotatable bonds is 18. The number of piperidine rings is 4. The van der Waals surface area contributed by atoms with Gasteiger partial charge in [-0.3, -0.25) is 14.7 Å². The molecule has 0 aliphatic carbocycles. The quantitative estimate of drug-likeness (QED) is 0.0171. The summed E-state index contributed by atoms with van der Waals surface area (Å²) in [6.45, 7) is 25.2. The summed E-state index contributed by atoms with van der Waals surface area (Å²) in [5.74, 6) is 7.64. The number of nitrogens with one attached hydrogen (secondary N) is 3. The molecule has 0 saturated carbocycles. The first-order valence-electron chi connectivity index (χ1n) is 48.9. The van der Waals surface area contributed by atoms with Crippen molar-refractivity contribution in [2.75, 3.05) is 88.5 Å². The summed E-state index contributed by atoms with van der Waals surface area (Å²) in [5.41, 5.74) is 38.9. The first kappa shape index (κ1) is 109. The normalized spacial score (nSPS) is 15.8. The zero-order valence-corrected chi connectivity index (χ0v) is 85.5. The predicted octanol–water partition coefficient (Wildman–Crippen LogP) is 21.5. The zero-order chi connectivity index (χ0) is 106. The number of hydrogen-bond acceptors (Lipinski definition) is 31. The maximum atomic E-state index is 12.7. The molecule has 5 aliphatic heterocycles. The average Bonchev–Trinajstić information content (AvgIpc) is 1.62. The van der Waals surface area contributed by atoms with Crippen molar-refractivity contribution in [2.45, 2.75) is 141 Å². The third-order valence-corrected chi connectivity index (χ3v) is 24.0. The molecule has 8 aromatic carbocycles. The predicted molar refractivity (Wildman–Crippen MR) is 575 cm³/mol. The number of nitrogens with zero attached hydrogens (tertiary/aromatic N) is 21. The van der Waals surface area contributed by atoms with E-state index >= 15 is 0 Å². The van der Waals surface area contributed by atoms with Gasteiger partial charge in [-0.2, -0.15) is 25.9 Å². The molecule has 0 radical (unpaired) electrons. The number of amides is 3. The number of anilines is 4. The molecule has 5 aliphatic rings. The first-order valence-corrected chi connectivity index (χ1v) is 49.6. The molecule has 12 N–H and O–H groups in total. The highest BCUT2D eigenvalue weighted by atomic mass is 35.5.